The van der Waals surface area contributed by atoms with Gasteiger partial charge >= 0.3 is 0 Å². The van der Waals surface area contributed by atoms with E-state index in [0.717, 1.165) is 41.2 Å². The molecule has 1 aliphatic heterocycles. The van der Waals surface area contributed by atoms with Crippen molar-refractivity contribution >= 4 is 17.7 Å². The average molecular weight is 355 g/mol. The lowest BCUT2D eigenvalue weighted by atomic mass is 10.1. The van der Waals surface area contributed by atoms with Crippen LogP contribution < -0.4 is 14.8 Å². The fraction of sp³-hybridized carbons (Fsp3) is 0.350. The van der Waals surface area contributed by atoms with E-state index in [2.05, 4.69) is 5.32 Å². The summed E-state index contributed by atoms with van der Waals surface area (Å²) < 4.78 is 11.5. The van der Waals surface area contributed by atoms with Gasteiger partial charge in [-0.05, 0) is 36.6 Å². The summed E-state index contributed by atoms with van der Waals surface area (Å²) in [5.74, 6) is 1.61. The molecule has 130 valence electrons. The molecule has 1 atom stereocenters. The molecule has 25 heavy (non-hydrogen) atoms. The smallest absolute Gasteiger partial charge is 0.238 e. The molecule has 1 amide bonds. The van der Waals surface area contributed by atoms with Gasteiger partial charge in [-0.25, -0.2) is 0 Å². The van der Waals surface area contributed by atoms with E-state index >= 15 is 0 Å². The molecule has 0 unspecified atom stereocenters. The van der Waals surface area contributed by atoms with Gasteiger partial charge in [0.15, 0.2) is 11.5 Å². The molecule has 0 saturated heterocycles. The Hall–Kier alpha value is -2.14. The number of rotatable bonds is 5. The number of benzene rings is 2. The lowest BCUT2D eigenvalue weighted by Crippen LogP contribution is -2.29. The summed E-state index contributed by atoms with van der Waals surface area (Å²) in [5.41, 5.74) is 1.01. The van der Waals surface area contributed by atoms with Crippen LogP contribution in [-0.4, -0.2) is 25.2 Å². The van der Waals surface area contributed by atoms with Crippen LogP contribution in [0.4, 0.5) is 0 Å². The Morgan fingerprint density at radius 3 is 2.56 bits per heavy atom. The van der Waals surface area contributed by atoms with Crippen molar-refractivity contribution in [1.82, 2.24) is 5.32 Å². The molecule has 1 N–H and O–H groups in total. The number of ether oxygens (including phenoxy) is 2. The third kappa shape index (κ3) is 4.10. The second kappa shape index (κ2) is 7.40. The van der Waals surface area contributed by atoms with E-state index in [0.29, 0.717) is 19.3 Å². The Morgan fingerprint density at radius 1 is 1.04 bits per heavy atom. The van der Waals surface area contributed by atoms with Crippen LogP contribution in [0.2, 0.25) is 0 Å². The lowest BCUT2D eigenvalue weighted by molar-refractivity contribution is -0.120. The Kier molecular flexibility index (Phi) is 4.83. The molecule has 1 saturated carbocycles. The first kappa shape index (κ1) is 16.3. The molecule has 2 aromatic rings. The van der Waals surface area contributed by atoms with Crippen molar-refractivity contribution in [2.24, 2.45) is 0 Å². The van der Waals surface area contributed by atoms with Crippen molar-refractivity contribution in [2.45, 2.75) is 35.4 Å². The second-order valence-electron chi connectivity index (χ2n) is 6.35. The molecule has 4 rings (SSSR count). The molecule has 4 nitrogen and oxygen atoms in total. The molecule has 1 aliphatic carbocycles. The van der Waals surface area contributed by atoms with E-state index < -0.39 is 0 Å². The van der Waals surface area contributed by atoms with Gasteiger partial charge in [-0.15, -0.1) is 11.8 Å². The number of amides is 1. The summed E-state index contributed by atoms with van der Waals surface area (Å²) in [6.07, 6.45) is 3.05. The first-order chi connectivity index (χ1) is 12.3. The van der Waals surface area contributed by atoms with Gasteiger partial charge in [-0.1, -0.05) is 30.3 Å². The quantitative estimate of drug-likeness (QED) is 0.825. The summed E-state index contributed by atoms with van der Waals surface area (Å²) in [6.45, 7) is 1.33. The van der Waals surface area contributed by atoms with Gasteiger partial charge in [0.1, 0.15) is 5.25 Å². The second-order valence-corrected chi connectivity index (χ2v) is 7.53. The average Bonchev–Trinajstić information content (AvgIpc) is 3.47. The van der Waals surface area contributed by atoms with E-state index in [1.807, 2.05) is 48.5 Å². The normalized spacial score (nSPS) is 17.4. The van der Waals surface area contributed by atoms with Crippen molar-refractivity contribution < 1.29 is 14.3 Å². The number of fused-ring (bicyclic) bond motifs is 1. The highest BCUT2D eigenvalue weighted by Crippen LogP contribution is 2.40. The van der Waals surface area contributed by atoms with Crippen molar-refractivity contribution in [3.63, 3.8) is 0 Å². The largest absolute Gasteiger partial charge is 0.490 e. The van der Waals surface area contributed by atoms with E-state index in [4.69, 9.17) is 9.47 Å². The molecule has 0 spiro atoms. The van der Waals surface area contributed by atoms with Crippen LogP contribution in [0.5, 0.6) is 11.5 Å². The first-order valence-electron chi connectivity index (χ1n) is 8.71. The number of hydrogen-bond donors (Lipinski definition) is 1. The summed E-state index contributed by atoms with van der Waals surface area (Å²) in [7, 11) is 0. The van der Waals surface area contributed by atoms with Crippen molar-refractivity contribution in [3.8, 4) is 11.5 Å². The van der Waals surface area contributed by atoms with Crippen LogP contribution in [0.15, 0.2) is 53.4 Å². The Labute approximate surface area is 151 Å². The monoisotopic (exact) mass is 355 g/mol. The number of nitrogens with one attached hydrogen (secondary N) is 1. The highest BCUT2D eigenvalue weighted by molar-refractivity contribution is 8.00. The molecule has 2 aromatic carbocycles. The number of carbonyl (C=O) groups excluding carboxylic acids is 1. The first-order valence-corrected chi connectivity index (χ1v) is 9.59. The molecule has 5 heteroatoms. The molecule has 0 bridgehead atoms. The molecular weight excluding hydrogens is 334 g/mol. The topological polar surface area (TPSA) is 47.6 Å². The van der Waals surface area contributed by atoms with Crippen LogP contribution in [0.1, 0.15) is 30.1 Å². The lowest BCUT2D eigenvalue weighted by Gasteiger charge is -2.18. The van der Waals surface area contributed by atoms with Crippen LogP contribution >= 0.6 is 11.8 Å². The molecule has 0 aromatic heterocycles. The number of carbonyl (C=O) groups is 1. The van der Waals surface area contributed by atoms with Gasteiger partial charge < -0.3 is 14.8 Å². The maximum Gasteiger partial charge on any atom is 0.238 e. The van der Waals surface area contributed by atoms with Crippen LogP contribution in [0.3, 0.4) is 0 Å². The van der Waals surface area contributed by atoms with Crippen molar-refractivity contribution in [1.29, 1.82) is 0 Å². The zero-order chi connectivity index (χ0) is 17.1. The SMILES string of the molecule is O=C(NC1CC1)[C@@H](Sc1ccc2c(c1)OCCCO2)c1ccccc1. The molecule has 1 fully saturated rings. The van der Waals surface area contributed by atoms with Gasteiger partial charge in [0.2, 0.25) is 5.91 Å². The van der Waals surface area contributed by atoms with E-state index in [9.17, 15) is 4.79 Å². The molecular formula is C20H21NO3S. The number of hydrogen-bond acceptors (Lipinski definition) is 4. The van der Waals surface area contributed by atoms with Crippen molar-refractivity contribution in [2.75, 3.05) is 13.2 Å². The molecule has 0 radical (unpaired) electrons. The van der Waals surface area contributed by atoms with Crippen LogP contribution in [0.25, 0.3) is 0 Å². The third-order valence-electron chi connectivity index (χ3n) is 4.24. The Balaban J connectivity index is 1.57. The fourth-order valence-electron chi connectivity index (χ4n) is 2.76. The predicted octanol–water partition coefficient (Wildman–Crippen LogP) is 3.96. The van der Waals surface area contributed by atoms with Crippen molar-refractivity contribution in [3.05, 3.63) is 54.1 Å². The predicted molar refractivity (Wildman–Crippen MR) is 98.3 cm³/mol. The van der Waals surface area contributed by atoms with Gasteiger partial charge in [0.05, 0.1) is 13.2 Å². The summed E-state index contributed by atoms with van der Waals surface area (Å²) in [6, 6.07) is 16.2. The number of thioether (sulfide) groups is 1. The van der Waals surface area contributed by atoms with E-state index in [1.54, 1.807) is 11.8 Å². The third-order valence-corrected chi connectivity index (χ3v) is 5.49. The summed E-state index contributed by atoms with van der Waals surface area (Å²) in [4.78, 5) is 13.8. The summed E-state index contributed by atoms with van der Waals surface area (Å²) in [5, 5.41) is 2.86. The van der Waals surface area contributed by atoms with Gasteiger partial charge in [0.25, 0.3) is 0 Å². The minimum absolute atomic E-state index is 0.0748. The maximum absolute atomic E-state index is 12.8. The zero-order valence-corrected chi connectivity index (χ0v) is 14.8. The Morgan fingerprint density at radius 2 is 1.80 bits per heavy atom. The van der Waals surface area contributed by atoms with Crippen LogP contribution in [0, 0.1) is 0 Å². The van der Waals surface area contributed by atoms with Gasteiger partial charge in [0, 0.05) is 17.4 Å². The van der Waals surface area contributed by atoms with Gasteiger partial charge in [-0.3, -0.25) is 4.79 Å². The Bertz CT molecular complexity index is 746. The van der Waals surface area contributed by atoms with E-state index in [-0.39, 0.29) is 11.2 Å². The highest BCUT2D eigenvalue weighted by atomic mass is 32.2. The van der Waals surface area contributed by atoms with Crippen LogP contribution in [-0.2, 0) is 4.79 Å². The van der Waals surface area contributed by atoms with Gasteiger partial charge in [-0.2, -0.15) is 0 Å². The molecule has 1 heterocycles. The fourth-order valence-corrected chi connectivity index (χ4v) is 3.82. The summed E-state index contributed by atoms with van der Waals surface area (Å²) >= 11 is 1.55. The minimum atomic E-state index is -0.272. The zero-order valence-electron chi connectivity index (χ0n) is 13.9. The molecule has 2 aliphatic rings. The minimum Gasteiger partial charge on any atom is -0.490 e. The highest BCUT2D eigenvalue weighted by Gasteiger charge is 2.29. The standard InChI is InChI=1S/C20H21NO3S/c22-20(21-15-7-8-15)19(14-5-2-1-3-6-14)25-16-9-10-17-18(13-16)24-12-4-11-23-17/h1-3,5-6,9-10,13,15,19H,4,7-8,11-12H2,(H,21,22)/t19-/m0/s1. The van der Waals surface area contributed by atoms with E-state index in [1.165, 1.54) is 0 Å². The maximum atomic E-state index is 12.8.